The summed E-state index contributed by atoms with van der Waals surface area (Å²) in [6, 6.07) is 73.6. The average Bonchev–Trinajstić information content (AvgIpc) is 3.82. The van der Waals surface area contributed by atoms with Gasteiger partial charge in [0.1, 0.15) is 11.2 Å². The third kappa shape index (κ3) is 5.81. The van der Waals surface area contributed by atoms with Crippen LogP contribution in [0.4, 0.5) is 0 Å². The smallest absolute Gasteiger partial charge is 0.160 e. The van der Waals surface area contributed by atoms with Crippen molar-refractivity contribution in [3.8, 4) is 78.4 Å². The second kappa shape index (κ2) is 14.1. The SMILES string of the molecule is CC1(C)c2ccccc2-c2cc(-c3ccc(-c4ccc5oc6c(-c7cc(-c8ccc(-c9ccccc9)cc8)nc(-c8ccccc8)n7)cccc6c5c4)c4ccccc34)ccc21. The predicted octanol–water partition coefficient (Wildman–Crippen LogP) is 15.8. The number of furan rings is 1. The second-order valence-corrected chi connectivity index (χ2v) is 16.9. The number of rotatable bonds is 6. The fourth-order valence-corrected chi connectivity index (χ4v) is 9.77. The molecule has 3 nitrogen and oxygen atoms in total. The maximum Gasteiger partial charge on any atom is 0.160 e. The Labute approximate surface area is 360 Å². The van der Waals surface area contributed by atoms with Crippen molar-refractivity contribution in [1.29, 1.82) is 0 Å². The normalized spacial score (nSPS) is 12.8. The van der Waals surface area contributed by atoms with Crippen molar-refractivity contribution >= 4 is 32.7 Å². The Balaban J connectivity index is 0.956. The first-order valence-corrected chi connectivity index (χ1v) is 21.3. The van der Waals surface area contributed by atoms with Crippen LogP contribution in [0.3, 0.4) is 0 Å². The molecule has 0 bridgehead atoms. The Bertz CT molecular complexity index is 3530. The average molecular weight is 793 g/mol. The molecular weight excluding hydrogens is 753 g/mol. The van der Waals surface area contributed by atoms with Gasteiger partial charge in [0.2, 0.25) is 0 Å². The largest absolute Gasteiger partial charge is 0.455 e. The van der Waals surface area contributed by atoms with Crippen LogP contribution in [-0.4, -0.2) is 9.97 Å². The highest BCUT2D eigenvalue weighted by molar-refractivity contribution is 6.12. The fraction of sp³-hybridized carbons (Fsp3) is 0.0508. The Kier molecular flexibility index (Phi) is 8.20. The van der Waals surface area contributed by atoms with Gasteiger partial charge in [-0.25, -0.2) is 9.97 Å². The van der Waals surface area contributed by atoms with Gasteiger partial charge in [0.25, 0.3) is 0 Å². The third-order valence-electron chi connectivity index (χ3n) is 12.9. The first-order valence-electron chi connectivity index (χ1n) is 21.3. The third-order valence-corrected chi connectivity index (χ3v) is 12.9. The number of hydrogen-bond acceptors (Lipinski definition) is 3. The van der Waals surface area contributed by atoms with Crippen molar-refractivity contribution in [2.45, 2.75) is 19.3 Å². The molecule has 0 saturated heterocycles. The molecule has 0 atom stereocenters. The number of benzene rings is 9. The highest BCUT2D eigenvalue weighted by Gasteiger charge is 2.35. The van der Waals surface area contributed by atoms with Gasteiger partial charge in [0.15, 0.2) is 5.82 Å². The van der Waals surface area contributed by atoms with Gasteiger partial charge in [-0.2, -0.15) is 0 Å². The lowest BCUT2D eigenvalue weighted by molar-refractivity contribution is 0.660. The summed E-state index contributed by atoms with van der Waals surface area (Å²) < 4.78 is 6.76. The molecule has 3 heteroatoms. The monoisotopic (exact) mass is 792 g/mol. The summed E-state index contributed by atoms with van der Waals surface area (Å²) in [5.74, 6) is 0.671. The maximum absolute atomic E-state index is 6.76. The number of fused-ring (bicyclic) bond motifs is 7. The molecule has 11 aromatic rings. The number of hydrogen-bond donors (Lipinski definition) is 0. The van der Waals surface area contributed by atoms with Crippen LogP contribution in [0.1, 0.15) is 25.0 Å². The quantitative estimate of drug-likeness (QED) is 0.168. The summed E-state index contributed by atoms with van der Waals surface area (Å²) in [5, 5.41) is 4.58. The van der Waals surface area contributed by atoms with Crippen LogP contribution < -0.4 is 0 Å². The van der Waals surface area contributed by atoms with Crippen LogP contribution in [0.15, 0.2) is 211 Å². The van der Waals surface area contributed by atoms with Crippen LogP contribution in [0, 0.1) is 0 Å². The lowest BCUT2D eigenvalue weighted by Gasteiger charge is -2.21. The molecule has 0 unspecified atom stereocenters. The van der Waals surface area contributed by atoms with Crippen molar-refractivity contribution in [1.82, 2.24) is 9.97 Å². The molecule has 62 heavy (non-hydrogen) atoms. The van der Waals surface area contributed by atoms with Crippen molar-refractivity contribution < 1.29 is 4.42 Å². The lowest BCUT2D eigenvalue weighted by Crippen LogP contribution is -2.14. The van der Waals surface area contributed by atoms with E-state index in [2.05, 4.69) is 196 Å². The summed E-state index contributed by atoms with van der Waals surface area (Å²) in [4.78, 5) is 10.3. The van der Waals surface area contributed by atoms with Gasteiger partial charge in [-0.05, 0) is 96.7 Å². The maximum atomic E-state index is 6.76. The minimum atomic E-state index is -0.0220. The molecule has 0 spiro atoms. The minimum absolute atomic E-state index is 0.0220. The van der Waals surface area contributed by atoms with Gasteiger partial charge in [-0.15, -0.1) is 0 Å². The number of aromatic nitrogens is 2. The van der Waals surface area contributed by atoms with Gasteiger partial charge in [0, 0.05) is 32.9 Å². The van der Waals surface area contributed by atoms with E-state index in [1.54, 1.807) is 0 Å². The first kappa shape index (κ1) is 36.0. The topological polar surface area (TPSA) is 38.9 Å². The van der Waals surface area contributed by atoms with Crippen molar-refractivity contribution in [3.05, 3.63) is 217 Å². The van der Waals surface area contributed by atoms with Crippen LogP contribution in [0.5, 0.6) is 0 Å². The Morgan fingerprint density at radius 1 is 0.339 bits per heavy atom. The highest BCUT2D eigenvalue weighted by Crippen LogP contribution is 2.50. The zero-order valence-electron chi connectivity index (χ0n) is 34.4. The van der Waals surface area contributed by atoms with Crippen molar-refractivity contribution in [3.63, 3.8) is 0 Å². The van der Waals surface area contributed by atoms with E-state index in [9.17, 15) is 0 Å². The molecule has 12 rings (SSSR count). The van der Waals surface area contributed by atoms with Crippen LogP contribution in [0.25, 0.3) is 111 Å². The van der Waals surface area contributed by atoms with E-state index in [1.165, 1.54) is 55.3 Å². The van der Waals surface area contributed by atoms with E-state index in [0.29, 0.717) is 5.82 Å². The van der Waals surface area contributed by atoms with E-state index in [4.69, 9.17) is 14.4 Å². The van der Waals surface area contributed by atoms with Crippen LogP contribution in [0.2, 0.25) is 0 Å². The second-order valence-electron chi connectivity index (χ2n) is 16.9. The van der Waals surface area contributed by atoms with Crippen molar-refractivity contribution in [2.24, 2.45) is 0 Å². The standard InChI is InChI=1S/C59H40N2O/c1-59(2)52-23-12-11-20-47(52)50-34-41(28-32-53(50)59)43-30-31-44(46-19-10-9-18-45(43)46)42-29-33-56-51(35-42)48-21-13-22-49(57(48)62-56)55-36-54(60-58(61-55)40-16-7-4-8-17-40)39-26-24-38(25-27-39)37-14-5-3-6-15-37/h3-36H,1-2H3. The summed E-state index contributed by atoms with van der Waals surface area (Å²) >= 11 is 0. The molecule has 1 aliphatic carbocycles. The Morgan fingerprint density at radius 2 is 0.887 bits per heavy atom. The molecule has 2 aromatic heterocycles. The summed E-state index contributed by atoms with van der Waals surface area (Å²) in [7, 11) is 0. The van der Waals surface area contributed by atoms with Gasteiger partial charge >= 0.3 is 0 Å². The highest BCUT2D eigenvalue weighted by atomic mass is 16.3. The Hall–Kier alpha value is -7.88. The molecule has 0 fully saturated rings. The van der Waals surface area contributed by atoms with Crippen molar-refractivity contribution in [2.75, 3.05) is 0 Å². The van der Waals surface area contributed by atoms with Crippen LogP contribution in [-0.2, 0) is 5.41 Å². The zero-order chi connectivity index (χ0) is 41.4. The first-order chi connectivity index (χ1) is 30.5. The van der Waals surface area contributed by atoms with Gasteiger partial charge in [-0.1, -0.05) is 190 Å². The molecule has 292 valence electrons. The van der Waals surface area contributed by atoms with Gasteiger partial charge in [0.05, 0.1) is 11.4 Å². The molecule has 0 saturated carbocycles. The predicted molar refractivity (Wildman–Crippen MR) is 257 cm³/mol. The van der Waals surface area contributed by atoms with Gasteiger partial charge in [-0.3, -0.25) is 0 Å². The zero-order valence-corrected chi connectivity index (χ0v) is 34.4. The molecule has 0 N–H and O–H groups in total. The molecule has 0 aliphatic heterocycles. The molecule has 0 radical (unpaired) electrons. The summed E-state index contributed by atoms with van der Waals surface area (Å²) in [6.45, 7) is 4.67. The van der Waals surface area contributed by atoms with E-state index < -0.39 is 0 Å². The minimum Gasteiger partial charge on any atom is -0.455 e. The van der Waals surface area contributed by atoms with Crippen LogP contribution >= 0.6 is 0 Å². The summed E-state index contributed by atoms with van der Waals surface area (Å²) in [5.41, 5.74) is 18.8. The van der Waals surface area contributed by atoms with Gasteiger partial charge < -0.3 is 4.42 Å². The number of para-hydroxylation sites is 1. The van der Waals surface area contributed by atoms with E-state index in [0.717, 1.165) is 61.1 Å². The lowest BCUT2D eigenvalue weighted by atomic mass is 9.82. The molecule has 0 amide bonds. The van der Waals surface area contributed by atoms with E-state index >= 15 is 0 Å². The van der Waals surface area contributed by atoms with E-state index in [-0.39, 0.29) is 5.41 Å². The molecule has 2 heterocycles. The Morgan fingerprint density at radius 3 is 1.65 bits per heavy atom. The summed E-state index contributed by atoms with van der Waals surface area (Å²) in [6.07, 6.45) is 0. The molecule has 9 aromatic carbocycles. The van der Waals surface area contributed by atoms with E-state index in [1.807, 2.05) is 24.3 Å². The number of nitrogens with zero attached hydrogens (tertiary/aromatic N) is 2. The molecular formula is C59H40N2O. The fourth-order valence-electron chi connectivity index (χ4n) is 9.77. The molecule has 1 aliphatic rings.